The Bertz CT molecular complexity index is 105. The van der Waals surface area contributed by atoms with Gasteiger partial charge in [0.1, 0.15) is 0 Å². The third-order valence-electron chi connectivity index (χ3n) is 0.309. The van der Waals surface area contributed by atoms with Crippen LogP contribution in [0.2, 0.25) is 0 Å². The van der Waals surface area contributed by atoms with E-state index in [4.69, 9.17) is 10.8 Å². The van der Waals surface area contributed by atoms with Crippen LogP contribution >= 0.6 is 0 Å². The van der Waals surface area contributed by atoms with Crippen molar-refractivity contribution >= 4 is 5.97 Å². The molecule has 0 radical (unpaired) electrons. The van der Waals surface area contributed by atoms with Gasteiger partial charge in [0, 0.05) is 6.08 Å². The zero-order valence-electron chi connectivity index (χ0n) is 6.66. The Morgan fingerprint density at radius 1 is 1.60 bits per heavy atom. The van der Waals surface area contributed by atoms with Gasteiger partial charge in [0.15, 0.2) is 0 Å². The molecule has 3 nitrogen and oxygen atoms in total. The molecular weight excluding hydrogens is 130 g/mol. The Hall–Kier alpha value is -0.830. The fraction of sp³-hybridized carbons (Fsp3) is 0.571. The lowest BCUT2D eigenvalue weighted by Crippen LogP contribution is -2.06. The zero-order chi connectivity index (χ0) is 8.57. The van der Waals surface area contributed by atoms with Gasteiger partial charge in [-0.3, -0.25) is 0 Å². The maximum Gasteiger partial charge on any atom is 0.327 e. The molecule has 0 aliphatic rings. The summed E-state index contributed by atoms with van der Waals surface area (Å²) in [7, 11) is 0. The summed E-state index contributed by atoms with van der Waals surface area (Å²) in [5.74, 6) is -0.891. The van der Waals surface area contributed by atoms with Crippen molar-refractivity contribution in [2.45, 2.75) is 26.8 Å². The Labute approximate surface area is 61.5 Å². The van der Waals surface area contributed by atoms with Gasteiger partial charge in [0.2, 0.25) is 0 Å². The minimum Gasteiger partial charge on any atom is -0.478 e. The van der Waals surface area contributed by atoms with E-state index in [2.05, 4.69) is 0 Å². The predicted molar refractivity (Wildman–Crippen MR) is 41.8 cm³/mol. The number of carbonyl (C=O) groups is 1. The van der Waals surface area contributed by atoms with E-state index >= 15 is 0 Å². The summed E-state index contributed by atoms with van der Waals surface area (Å²) in [5.41, 5.74) is 5.11. The number of aliphatic carboxylic acids is 1. The molecule has 0 aliphatic carbocycles. The third kappa shape index (κ3) is 58.0. The molecule has 0 unspecified atom stereocenters. The molecule has 0 saturated carbocycles. The fourth-order valence-electron chi connectivity index (χ4n) is 0.143. The molecule has 0 atom stereocenters. The highest BCUT2D eigenvalue weighted by atomic mass is 16.4. The number of carboxylic acids is 1. The van der Waals surface area contributed by atoms with Crippen molar-refractivity contribution in [2.75, 3.05) is 0 Å². The van der Waals surface area contributed by atoms with E-state index in [0.29, 0.717) is 6.04 Å². The van der Waals surface area contributed by atoms with E-state index in [1.54, 1.807) is 6.92 Å². The summed E-state index contributed by atoms with van der Waals surface area (Å²) in [5, 5.41) is 7.83. The lowest BCUT2D eigenvalue weighted by atomic mass is 10.5. The molecule has 10 heavy (non-hydrogen) atoms. The lowest BCUT2D eigenvalue weighted by Gasteiger charge is -1.81. The molecule has 0 bridgehead atoms. The number of hydrogen-bond acceptors (Lipinski definition) is 2. The van der Waals surface area contributed by atoms with Crippen LogP contribution in [-0.2, 0) is 4.79 Å². The number of nitrogens with two attached hydrogens (primary N) is 1. The van der Waals surface area contributed by atoms with Gasteiger partial charge in [-0.25, -0.2) is 4.79 Å². The zero-order valence-corrected chi connectivity index (χ0v) is 6.66. The Kier molecular flexibility index (Phi) is 9.73. The van der Waals surface area contributed by atoms with Crippen LogP contribution in [0.1, 0.15) is 20.8 Å². The summed E-state index contributed by atoms with van der Waals surface area (Å²) in [6.07, 6.45) is 2.56. The first-order valence-electron chi connectivity index (χ1n) is 3.12. The average Bonchev–Trinajstić information content (AvgIpc) is 1.62. The summed E-state index contributed by atoms with van der Waals surface area (Å²) >= 11 is 0. The predicted octanol–water partition coefficient (Wildman–Crippen LogP) is 1.00. The van der Waals surface area contributed by atoms with Crippen LogP contribution in [-0.4, -0.2) is 17.1 Å². The van der Waals surface area contributed by atoms with Gasteiger partial charge >= 0.3 is 5.97 Å². The van der Waals surface area contributed by atoms with E-state index in [0.717, 1.165) is 6.08 Å². The Morgan fingerprint density at radius 3 is 1.90 bits per heavy atom. The molecule has 0 spiro atoms. The second-order valence-corrected chi connectivity index (χ2v) is 2.08. The molecule has 3 heteroatoms. The van der Waals surface area contributed by atoms with Gasteiger partial charge in [-0.1, -0.05) is 19.9 Å². The van der Waals surface area contributed by atoms with Crippen molar-refractivity contribution in [2.24, 2.45) is 5.73 Å². The van der Waals surface area contributed by atoms with Gasteiger partial charge in [0.25, 0.3) is 0 Å². The van der Waals surface area contributed by atoms with Crippen molar-refractivity contribution in [3.05, 3.63) is 12.2 Å². The number of allylic oxidation sites excluding steroid dienone is 1. The number of rotatable bonds is 1. The third-order valence-corrected chi connectivity index (χ3v) is 0.309. The van der Waals surface area contributed by atoms with Gasteiger partial charge in [-0.15, -0.1) is 0 Å². The monoisotopic (exact) mass is 145 g/mol. The van der Waals surface area contributed by atoms with E-state index in [1.165, 1.54) is 6.08 Å². The number of carboxylic acid groups (broad SMARTS) is 1. The topological polar surface area (TPSA) is 63.3 Å². The molecule has 0 heterocycles. The average molecular weight is 145 g/mol. The molecule has 0 amide bonds. The lowest BCUT2D eigenvalue weighted by molar-refractivity contribution is -0.131. The highest BCUT2D eigenvalue weighted by molar-refractivity contribution is 5.79. The number of hydrogen-bond donors (Lipinski definition) is 2. The first-order valence-corrected chi connectivity index (χ1v) is 3.12. The second kappa shape index (κ2) is 8.17. The summed E-state index contributed by atoms with van der Waals surface area (Å²) in [4.78, 5) is 9.51. The molecule has 0 aromatic carbocycles. The van der Waals surface area contributed by atoms with Crippen molar-refractivity contribution in [3.8, 4) is 0 Å². The van der Waals surface area contributed by atoms with Crippen molar-refractivity contribution < 1.29 is 9.90 Å². The molecular formula is C7H15NO2. The molecule has 0 saturated heterocycles. The molecule has 0 fully saturated rings. The molecule has 60 valence electrons. The van der Waals surface area contributed by atoms with E-state index in [1.807, 2.05) is 13.8 Å². The first kappa shape index (κ1) is 11.9. The maximum atomic E-state index is 9.51. The van der Waals surface area contributed by atoms with Crippen LogP contribution in [0.25, 0.3) is 0 Å². The van der Waals surface area contributed by atoms with Gasteiger partial charge in [-0.05, 0) is 13.0 Å². The molecule has 0 aromatic heterocycles. The molecule has 0 aromatic rings. The van der Waals surface area contributed by atoms with E-state index in [9.17, 15) is 4.79 Å². The van der Waals surface area contributed by atoms with Crippen LogP contribution in [0.5, 0.6) is 0 Å². The van der Waals surface area contributed by atoms with Crippen LogP contribution in [0, 0.1) is 0 Å². The van der Waals surface area contributed by atoms with Crippen molar-refractivity contribution in [3.63, 3.8) is 0 Å². The Balaban J connectivity index is 0. The maximum absolute atomic E-state index is 9.51. The van der Waals surface area contributed by atoms with Crippen LogP contribution < -0.4 is 5.73 Å². The highest BCUT2D eigenvalue weighted by Crippen LogP contribution is 1.65. The highest BCUT2D eigenvalue weighted by Gasteiger charge is 1.76. The standard InChI is InChI=1S/C4H6O2.C3H9N/c1-2-3-4(5)6;1-3(2)4/h2-3H,1H3,(H,5,6);3H,4H2,1-2H3/b3-2+;. The Morgan fingerprint density at radius 2 is 1.90 bits per heavy atom. The van der Waals surface area contributed by atoms with Gasteiger partial charge in [0.05, 0.1) is 0 Å². The first-order chi connectivity index (χ1) is 4.50. The minimum atomic E-state index is -0.891. The molecule has 3 N–H and O–H groups in total. The van der Waals surface area contributed by atoms with E-state index in [-0.39, 0.29) is 0 Å². The summed E-state index contributed by atoms with van der Waals surface area (Å²) in [6.45, 7) is 5.55. The molecule has 0 aliphatic heterocycles. The van der Waals surface area contributed by atoms with Crippen molar-refractivity contribution in [1.29, 1.82) is 0 Å². The quantitative estimate of drug-likeness (QED) is 0.541. The van der Waals surface area contributed by atoms with Gasteiger partial charge in [-0.2, -0.15) is 0 Å². The second-order valence-electron chi connectivity index (χ2n) is 2.08. The smallest absolute Gasteiger partial charge is 0.327 e. The normalized spacial score (nSPS) is 9.30. The van der Waals surface area contributed by atoms with Crippen LogP contribution in [0.3, 0.4) is 0 Å². The summed E-state index contributed by atoms with van der Waals surface area (Å²) < 4.78 is 0. The molecule has 0 rings (SSSR count). The van der Waals surface area contributed by atoms with Crippen molar-refractivity contribution in [1.82, 2.24) is 0 Å². The van der Waals surface area contributed by atoms with Crippen LogP contribution in [0.4, 0.5) is 0 Å². The SMILES string of the molecule is C/C=C/C(=O)O.CC(C)N. The van der Waals surface area contributed by atoms with Crippen LogP contribution in [0.15, 0.2) is 12.2 Å². The fourth-order valence-corrected chi connectivity index (χ4v) is 0.143. The summed E-state index contributed by atoms with van der Waals surface area (Å²) in [6, 6.07) is 0.333. The largest absolute Gasteiger partial charge is 0.478 e. The minimum absolute atomic E-state index is 0.333. The van der Waals surface area contributed by atoms with Gasteiger partial charge < -0.3 is 10.8 Å². The van der Waals surface area contributed by atoms with E-state index < -0.39 is 5.97 Å².